The summed E-state index contributed by atoms with van der Waals surface area (Å²) in [5.41, 5.74) is 2.76. The zero-order valence-corrected chi connectivity index (χ0v) is 15.6. The minimum absolute atomic E-state index is 0.222. The van der Waals surface area contributed by atoms with Crippen molar-refractivity contribution in [1.82, 2.24) is 4.90 Å². The first kappa shape index (κ1) is 17.3. The summed E-state index contributed by atoms with van der Waals surface area (Å²) in [6, 6.07) is 6.55. The molecule has 0 aromatic heterocycles. The molecule has 1 heterocycles. The van der Waals surface area contributed by atoms with Gasteiger partial charge >= 0.3 is 0 Å². The van der Waals surface area contributed by atoms with Crippen LogP contribution in [0.5, 0.6) is 5.75 Å². The number of methoxy groups -OCH3 is 1. The third kappa shape index (κ3) is 3.18. The molecule has 0 saturated carbocycles. The van der Waals surface area contributed by atoms with Gasteiger partial charge in [-0.3, -0.25) is 4.79 Å². The highest BCUT2D eigenvalue weighted by atomic mass is 16.5. The topological polar surface area (TPSA) is 29.5 Å². The number of fused-ring (bicyclic) bond motifs is 1. The molecule has 0 radical (unpaired) electrons. The quantitative estimate of drug-likeness (QED) is 0.819. The van der Waals surface area contributed by atoms with Gasteiger partial charge in [0.05, 0.1) is 7.11 Å². The number of rotatable bonds is 4. The molecular formula is C21H31NO2. The fourth-order valence-electron chi connectivity index (χ4n) is 4.31. The standard InChI is InChI=1S/C21H31NO2/c1-5-21(2,3)20(23)22-12-10-16(11-13-22)18-9-7-15-6-8-17(24-4)14-19(15)18/h6,8,14,16,18H,5,7,9-13H2,1-4H3. The lowest BCUT2D eigenvalue weighted by molar-refractivity contribution is -0.142. The van der Waals surface area contributed by atoms with Crippen molar-refractivity contribution >= 4 is 5.91 Å². The molecule has 3 rings (SSSR count). The fourth-order valence-corrected chi connectivity index (χ4v) is 4.31. The van der Waals surface area contributed by atoms with Gasteiger partial charge in [0.1, 0.15) is 5.75 Å². The molecule has 1 aromatic carbocycles. The molecule has 0 N–H and O–H groups in total. The minimum Gasteiger partial charge on any atom is -0.497 e. The number of hydrogen-bond donors (Lipinski definition) is 0. The van der Waals surface area contributed by atoms with Crippen molar-refractivity contribution in [3.8, 4) is 5.75 Å². The maximum Gasteiger partial charge on any atom is 0.228 e. The van der Waals surface area contributed by atoms with Crippen molar-refractivity contribution in [2.24, 2.45) is 11.3 Å². The number of piperidine rings is 1. The van der Waals surface area contributed by atoms with Crippen LogP contribution in [0.4, 0.5) is 0 Å². The molecule has 3 nitrogen and oxygen atoms in total. The van der Waals surface area contributed by atoms with Crippen molar-refractivity contribution in [3.05, 3.63) is 29.3 Å². The first-order chi connectivity index (χ1) is 11.5. The van der Waals surface area contributed by atoms with Crippen LogP contribution in [-0.4, -0.2) is 31.0 Å². The first-order valence-electron chi connectivity index (χ1n) is 9.42. The van der Waals surface area contributed by atoms with Gasteiger partial charge in [-0.05, 0) is 67.2 Å². The molecule has 1 fully saturated rings. The molecule has 1 unspecified atom stereocenters. The Morgan fingerprint density at radius 3 is 2.58 bits per heavy atom. The number of likely N-dealkylation sites (tertiary alicyclic amines) is 1. The Kier molecular flexibility index (Phi) is 4.89. The Morgan fingerprint density at radius 2 is 1.96 bits per heavy atom. The zero-order chi connectivity index (χ0) is 17.3. The van der Waals surface area contributed by atoms with Crippen LogP contribution in [-0.2, 0) is 11.2 Å². The second kappa shape index (κ2) is 6.78. The Bertz CT molecular complexity index is 600. The van der Waals surface area contributed by atoms with Crippen LogP contribution in [0.25, 0.3) is 0 Å². The zero-order valence-electron chi connectivity index (χ0n) is 15.6. The van der Waals surface area contributed by atoms with Gasteiger partial charge in [-0.15, -0.1) is 0 Å². The molecule has 1 amide bonds. The maximum absolute atomic E-state index is 12.7. The third-order valence-corrected chi connectivity index (χ3v) is 6.34. The van der Waals surface area contributed by atoms with Crippen LogP contribution in [0.1, 0.15) is 63.5 Å². The molecule has 1 aromatic rings. The molecule has 132 valence electrons. The van der Waals surface area contributed by atoms with Gasteiger partial charge in [0.2, 0.25) is 5.91 Å². The molecule has 0 bridgehead atoms. The molecular weight excluding hydrogens is 298 g/mol. The predicted octanol–water partition coefficient (Wildman–Crippen LogP) is 4.40. The Labute approximate surface area is 146 Å². The molecule has 2 aliphatic rings. The average Bonchev–Trinajstić information content (AvgIpc) is 3.04. The van der Waals surface area contributed by atoms with E-state index >= 15 is 0 Å². The number of carbonyl (C=O) groups is 1. The van der Waals surface area contributed by atoms with Crippen molar-refractivity contribution in [3.63, 3.8) is 0 Å². The van der Waals surface area contributed by atoms with Crippen LogP contribution < -0.4 is 4.74 Å². The van der Waals surface area contributed by atoms with Gasteiger partial charge in [0.15, 0.2) is 0 Å². The normalized spacial score (nSPS) is 21.7. The molecule has 1 aliphatic heterocycles. The van der Waals surface area contributed by atoms with E-state index in [9.17, 15) is 4.79 Å². The molecule has 0 spiro atoms. The van der Waals surface area contributed by atoms with Gasteiger partial charge in [-0.25, -0.2) is 0 Å². The smallest absolute Gasteiger partial charge is 0.228 e. The van der Waals surface area contributed by atoms with E-state index in [1.807, 2.05) is 0 Å². The van der Waals surface area contributed by atoms with E-state index < -0.39 is 0 Å². The van der Waals surface area contributed by atoms with E-state index in [0.717, 1.165) is 38.1 Å². The molecule has 1 saturated heterocycles. The molecule has 3 heteroatoms. The summed E-state index contributed by atoms with van der Waals surface area (Å²) in [4.78, 5) is 14.8. The van der Waals surface area contributed by atoms with Gasteiger partial charge in [-0.1, -0.05) is 26.8 Å². The van der Waals surface area contributed by atoms with E-state index in [4.69, 9.17) is 4.74 Å². The van der Waals surface area contributed by atoms with E-state index in [1.165, 1.54) is 24.0 Å². The predicted molar refractivity (Wildman–Crippen MR) is 97.4 cm³/mol. The second-order valence-corrected chi connectivity index (χ2v) is 8.08. The highest BCUT2D eigenvalue weighted by Crippen LogP contribution is 2.44. The molecule has 1 aliphatic carbocycles. The van der Waals surface area contributed by atoms with E-state index in [-0.39, 0.29) is 5.41 Å². The lowest BCUT2D eigenvalue weighted by Crippen LogP contribution is -2.45. The number of amides is 1. The van der Waals surface area contributed by atoms with Crippen molar-refractivity contribution in [2.75, 3.05) is 20.2 Å². The third-order valence-electron chi connectivity index (χ3n) is 6.34. The minimum atomic E-state index is -0.222. The first-order valence-corrected chi connectivity index (χ1v) is 9.42. The number of nitrogens with zero attached hydrogens (tertiary/aromatic N) is 1. The summed E-state index contributed by atoms with van der Waals surface area (Å²) in [7, 11) is 1.74. The molecule has 24 heavy (non-hydrogen) atoms. The summed E-state index contributed by atoms with van der Waals surface area (Å²) in [6.07, 6.45) is 5.61. The van der Waals surface area contributed by atoms with Crippen LogP contribution in [0, 0.1) is 11.3 Å². The summed E-state index contributed by atoms with van der Waals surface area (Å²) in [6.45, 7) is 8.08. The van der Waals surface area contributed by atoms with Gasteiger partial charge in [0.25, 0.3) is 0 Å². The van der Waals surface area contributed by atoms with Gasteiger partial charge < -0.3 is 9.64 Å². The van der Waals surface area contributed by atoms with Crippen LogP contribution >= 0.6 is 0 Å². The van der Waals surface area contributed by atoms with Crippen molar-refractivity contribution < 1.29 is 9.53 Å². The number of ether oxygens (including phenoxy) is 1. The number of benzene rings is 1. The summed E-state index contributed by atoms with van der Waals surface area (Å²) < 4.78 is 5.42. The summed E-state index contributed by atoms with van der Waals surface area (Å²) in [5, 5.41) is 0. The van der Waals surface area contributed by atoms with Crippen LogP contribution in [0.15, 0.2) is 18.2 Å². The largest absolute Gasteiger partial charge is 0.497 e. The van der Waals surface area contributed by atoms with E-state index in [0.29, 0.717) is 17.7 Å². The summed E-state index contributed by atoms with van der Waals surface area (Å²) in [5.74, 6) is 2.65. The Balaban J connectivity index is 1.66. The number of carbonyl (C=O) groups excluding carboxylic acids is 1. The Hall–Kier alpha value is -1.51. The van der Waals surface area contributed by atoms with Gasteiger partial charge in [-0.2, -0.15) is 0 Å². The molecule has 1 atom stereocenters. The van der Waals surface area contributed by atoms with E-state index in [2.05, 4.69) is 43.9 Å². The summed E-state index contributed by atoms with van der Waals surface area (Å²) >= 11 is 0. The Morgan fingerprint density at radius 1 is 1.25 bits per heavy atom. The average molecular weight is 329 g/mol. The SMILES string of the molecule is CCC(C)(C)C(=O)N1CCC(C2CCc3ccc(OC)cc32)CC1. The second-order valence-electron chi connectivity index (χ2n) is 8.08. The number of aryl methyl sites for hydroxylation is 1. The lowest BCUT2D eigenvalue weighted by Gasteiger charge is -2.38. The highest BCUT2D eigenvalue weighted by molar-refractivity contribution is 5.82. The van der Waals surface area contributed by atoms with E-state index in [1.54, 1.807) is 7.11 Å². The fraction of sp³-hybridized carbons (Fsp3) is 0.667. The van der Waals surface area contributed by atoms with Gasteiger partial charge in [0, 0.05) is 18.5 Å². The number of hydrogen-bond acceptors (Lipinski definition) is 2. The van der Waals surface area contributed by atoms with Crippen molar-refractivity contribution in [1.29, 1.82) is 0 Å². The highest BCUT2D eigenvalue weighted by Gasteiger charge is 2.36. The van der Waals surface area contributed by atoms with Crippen molar-refractivity contribution in [2.45, 2.75) is 58.8 Å². The van der Waals surface area contributed by atoms with Crippen LogP contribution in [0.3, 0.4) is 0 Å². The van der Waals surface area contributed by atoms with Crippen LogP contribution in [0.2, 0.25) is 0 Å². The maximum atomic E-state index is 12.7. The lowest BCUT2D eigenvalue weighted by atomic mass is 9.80. The monoisotopic (exact) mass is 329 g/mol.